The van der Waals surface area contributed by atoms with E-state index in [4.69, 9.17) is 10.8 Å². The minimum absolute atomic E-state index is 0. The summed E-state index contributed by atoms with van der Waals surface area (Å²) in [5.41, 5.74) is 6.45. The van der Waals surface area contributed by atoms with Gasteiger partial charge in [0, 0.05) is 5.92 Å². The molecular weight excluding hydrogens is 202 g/mol. The Morgan fingerprint density at radius 1 is 1.36 bits per heavy atom. The maximum atomic E-state index is 10.6. The summed E-state index contributed by atoms with van der Waals surface area (Å²) < 4.78 is 0. The topological polar surface area (TPSA) is 63.3 Å². The minimum atomic E-state index is -0.962. The Morgan fingerprint density at radius 3 is 2.29 bits per heavy atom. The Hall–Kier alpha value is -1.06. The molecule has 3 N–H and O–H groups in total. The van der Waals surface area contributed by atoms with Crippen molar-refractivity contribution in [3.05, 3.63) is 35.9 Å². The van der Waals surface area contributed by atoms with Gasteiger partial charge in [0.05, 0.1) is 0 Å². The largest absolute Gasteiger partial charge is 0.480 e. The summed E-state index contributed by atoms with van der Waals surface area (Å²) in [6.45, 7) is 1.81. The Kier molecular flexibility index (Phi) is 5.20. The fourth-order valence-electron chi connectivity index (χ4n) is 1.18. The number of hydrogen-bond acceptors (Lipinski definition) is 2. The van der Waals surface area contributed by atoms with Gasteiger partial charge in [-0.25, -0.2) is 0 Å². The molecule has 0 unspecified atom stereocenters. The van der Waals surface area contributed by atoms with Crippen LogP contribution in [0.25, 0.3) is 0 Å². The lowest BCUT2D eigenvalue weighted by Crippen LogP contribution is -2.35. The molecular formula is C10H14ClNO2. The van der Waals surface area contributed by atoms with Crippen molar-refractivity contribution in [2.24, 2.45) is 5.73 Å². The van der Waals surface area contributed by atoms with Gasteiger partial charge in [-0.1, -0.05) is 37.3 Å². The lowest BCUT2D eigenvalue weighted by Gasteiger charge is -2.15. The highest BCUT2D eigenvalue weighted by Crippen LogP contribution is 2.17. The standard InChI is InChI=1S/C10H13NO2.ClH/c1-7(9(11)10(12)13)8-5-3-2-4-6-8;/h2-7,9H,11H2,1H3,(H,12,13);1H/t7-,9-;/m0./s1. The van der Waals surface area contributed by atoms with Gasteiger partial charge in [0.15, 0.2) is 0 Å². The number of nitrogens with two attached hydrogens (primary N) is 1. The fraction of sp³-hybridized carbons (Fsp3) is 0.300. The minimum Gasteiger partial charge on any atom is -0.480 e. The van der Waals surface area contributed by atoms with Crippen LogP contribution in [0.2, 0.25) is 0 Å². The van der Waals surface area contributed by atoms with Crippen LogP contribution < -0.4 is 5.73 Å². The first-order chi connectivity index (χ1) is 6.13. The van der Waals surface area contributed by atoms with Gasteiger partial charge < -0.3 is 10.8 Å². The molecule has 0 aromatic heterocycles. The predicted molar refractivity (Wildman–Crippen MR) is 57.7 cm³/mol. The number of halogens is 1. The number of hydrogen-bond donors (Lipinski definition) is 2. The number of carboxylic acid groups (broad SMARTS) is 1. The van der Waals surface area contributed by atoms with Crippen LogP contribution in [0, 0.1) is 0 Å². The highest BCUT2D eigenvalue weighted by atomic mass is 35.5. The maximum Gasteiger partial charge on any atom is 0.321 e. The highest BCUT2D eigenvalue weighted by Gasteiger charge is 2.20. The van der Waals surface area contributed by atoms with Crippen LogP contribution >= 0.6 is 12.4 Å². The molecule has 1 rings (SSSR count). The molecule has 0 saturated carbocycles. The summed E-state index contributed by atoms with van der Waals surface area (Å²) in [5, 5.41) is 8.69. The van der Waals surface area contributed by atoms with Crippen molar-refractivity contribution in [1.82, 2.24) is 0 Å². The van der Waals surface area contributed by atoms with E-state index in [9.17, 15) is 4.79 Å². The lowest BCUT2D eigenvalue weighted by atomic mass is 9.94. The van der Waals surface area contributed by atoms with E-state index in [0.29, 0.717) is 0 Å². The molecule has 0 amide bonds. The van der Waals surface area contributed by atoms with Gasteiger partial charge in [0.1, 0.15) is 6.04 Å². The third-order valence-electron chi connectivity index (χ3n) is 2.15. The first-order valence-corrected chi connectivity index (χ1v) is 4.16. The van der Waals surface area contributed by atoms with Crippen LogP contribution in [-0.2, 0) is 4.79 Å². The summed E-state index contributed by atoms with van der Waals surface area (Å²) in [5.74, 6) is -1.12. The van der Waals surface area contributed by atoms with E-state index in [2.05, 4.69) is 0 Å². The predicted octanol–water partition coefficient (Wildman–Crippen LogP) is 1.62. The van der Waals surface area contributed by atoms with Crippen LogP contribution in [0.3, 0.4) is 0 Å². The Bertz CT molecular complexity index is 289. The van der Waals surface area contributed by atoms with E-state index >= 15 is 0 Å². The monoisotopic (exact) mass is 215 g/mol. The molecule has 1 aromatic rings. The van der Waals surface area contributed by atoms with E-state index in [0.717, 1.165) is 5.56 Å². The summed E-state index contributed by atoms with van der Waals surface area (Å²) in [7, 11) is 0. The number of rotatable bonds is 3. The maximum absolute atomic E-state index is 10.6. The van der Waals surface area contributed by atoms with Crippen molar-refractivity contribution in [1.29, 1.82) is 0 Å². The molecule has 0 heterocycles. The third kappa shape index (κ3) is 3.01. The van der Waals surface area contributed by atoms with Gasteiger partial charge in [-0.05, 0) is 5.56 Å². The normalized spacial score (nSPS) is 13.9. The quantitative estimate of drug-likeness (QED) is 0.806. The second kappa shape index (κ2) is 5.62. The lowest BCUT2D eigenvalue weighted by molar-refractivity contribution is -0.139. The van der Waals surface area contributed by atoms with Crippen molar-refractivity contribution in [3.63, 3.8) is 0 Å². The van der Waals surface area contributed by atoms with Crippen molar-refractivity contribution in [3.8, 4) is 0 Å². The molecule has 0 aliphatic rings. The molecule has 78 valence electrons. The molecule has 14 heavy (non-hydrogen) atoms. The Labute approximate surface area is 89.3 Å². The second-order valence-corrected chi connectivity index (χ2v) is 3.06. The molecule has 3 nitrogen and oxygen atoms in total. The van der Waals surface area contributed by atoms with E-state index in [-0.39, 0.29) is 18.3 Å². The van der Waals surface area contributed by atoms with E-state index in [1.54, 1.807) is 0 Å². The van der Waals surface area contributed by atoms with Crippen LogP contribution in [0.15, 0.2) is 30.3 Å². The van der Waals surface area contributed by atoms with Crippen LogP contribution in [0.4, 0.5) is 0 Å². The van der Waals surface area contributed by atoms with E-state index in [1.807, 2.05) is 37.3 Å². The average Bonchev–Trinajstić information content (AvgIpc) is 2.17. The zero-order valence-electron chi connectivity index (χ0n) is 7.88. The van der Waals surface area contributed by atoms with Crippen molar-refractivity contribution in [2.45, 2.75) is 18.9 Å². The van der Waals surface area contributed by atoms with Crippen LogP contribution in [0.5, 0.6) is 0 Å². The van der Waals surface area contributed by atoms with E-state index < -0.39 is 12.0 Å². The van der Waals surface area contributed by atoms with Crippen molar-refractivity contribution in [2.75, 3.05) is 0 Å². The SMILES string of the molecule is C[C@@H](c1ccccc1)[C@H](N)C(=O)O.Cl. The van der Waals surface area contributed by atoms with Gasteiger partial charge in [-0.15, -0.1) is 12.4 Å². The molecule has 0 bridgehead atoms. The molecule has 0 aliphatic heterocycles. The zero-order valence-corrected chi connectivity index (χ0v) is 8.70. The molecule has 0 aliphatic carbocycles. The number of aliphatic carboxylic acids is 1. The molecule has 4 heteroatoms. The van der Waals surface area contributed by atoms with Crippen molar-refractivity contribution < 1.29 is 9.90 Å². The summed E-state index contributed by atoms with van der Waals surface area (Å²) >= 11 is 0. The molecule has 0 fully saturated rings. The van der Waals surface area contributed by atoms with Gasteiger partial charge in [0.25, 0.3) is 0 Å². The molecule has 0 saturated heterocycles. The van der Waals surface area contributed by atoms with Gasteiger partial charge in [0.2, 0.25) is 0 Å². The van der Waals surface area contributed by atoms with Crippen LogP contribution in [-0.4, -0.2) is 17.1 Å². The van der Waals surface area contributed by atoms with Crippen LogP contribution in [0.1, 0.15) is 18.4 Å². The first-order valence-electron chi connectivity index (χ1n) is 4.16. The molecule has 0 spiro atoms. The number of carboxylic acids is 1. The summed E-state index contributed by atoms with van der Waals surface area (Å²) in [4.78, 5) is 10.6. The van der Waals surface area contributed by atoms with Gasteiger partial charge in [-0.2, -0.15) is 0 Å². The van der Waals surface area contributed by atoms with E-state index in [1.165, 1.54) is 0 Å². The average molecular weight is 216 g/mol. The van der Waals surface area contributed by atoms with Crippen molar-refractivity contribution >= 4 is 18.4 Å². The van der Waals surface area contributed by atoms with Gasteiger partial charge >= 0.3 is 5.97 Å². The molecule has 1 aromatic carbocycles. The number of benzene rings is 1. The Balaban J connectivity index is 0.00000169. The smallest absolute Gasteiger partial charge is 0.321 e. The molecule has 0 radical (unpaired) electrons. The summed E-state index contributed by atoms with van der Waals surface area (Å²) in [6, 6.07) is 8.58. The fourth-order valence-corrected chi connectivity index (χ4v) is 1.18. The zero-order chi connectivity index (χ0) is 9.84. The first kappa shape index (κ1) is 12.9. The second-order valence-electron chi connectivity index (χ2n) is 3.06. The molecule has 2 atom stereocenters. The summed E-state index contributed by atoms with van der Waals surface area (Å²) in [6.07, 6.45) is 0. The third-order valence-corrected chi connectivity index (χ3v) is 2.15. The number of carbonyl (C=O) groups is 1. The Morgan fingerprint density at radius 2 is 1.86 bits per heavy atom. The highest BCUT2D eigenvalue weighted by molar-refractivity contribution is 5.85. The van der Waals surface area contributed by atoms with Gasteiger partial charge in [-0.3, -0.25) is 4.79 Å².